The highest BCUT2D eigenvalue weighted by Gasteiger charge is 2.23. The Hall–Kier alpha value is -0.790. The van der Waals surface area contributed by atoms with Gasteiger partial charge in [0.1, 0.15) is 0 Å². The zero-order valence-corrected chi connectivity index (χ0v) is 8.21. The standard InChI is InChI=1S/C7H12N2O4S/c10-5(7(12)13)1-8-6(11)4-2-14-3-9-4/h4-5,9-10H,1-3H2,(H,8,11)(H,12,13)/t4?,5-/m0/s1. The molecule has 0 bridgehead atoms. The molecule has 7 heteroatoms. The number of carbonyl (C=O) groups is 2. The molecule has 0 aromatic heterocycles. The van der Waals surface area contributed by atoms with Crippen LogP contribution in [0, 0.1) is 0 Å². The molecule has 1 saturated heterocycles. The summed E-state index contributed by atoms with van der Waals surface area (Å²) in [5.41, 5.74) is 0. The second kappa shape index (κ2) is 5.18. The molecule has 1 unspecified atom stereocenters. The molecule has 0 aromatic carbocycles. The second-order valence-corrected chi connectivity index (χ2v) is 3.90. The highest BCUT2D eigenvalue weighted by molar-refractivity contribution is 7.99. The maximum absolute atomic E-state index is 11.3. The Morgan fingerprint density at radius 3 is 2.86 bits per heavy atom. The maximum atomic E-state index is 11.3. The van der Waals surface area contributed by atoms with Crippen LogP contribution in [0.3, 0.4) is 0 Å². The highest BCUT2D eigenvalue weighted by Crippen LogP contribution is 2.08. The number of hydrogen-bond donors (Lipinski definition) is 4. The maximum Gasteiger partial charge on any atom is 0.334 e. The van der Waals surface area contributed by atoms with Gasteiger partial charge in [0.2, 0.25) is 5.91 Å². The van der Waals surface area contributed by atoms with E-state index in [9.17, 15) is 9.59 Å². The number of aliphatic hydroxyl groups is 1. The van der Waals surface area contributed by atoms with Crippen LogP contribution in [0.5, 0.6) is 0 Å². The van der Waals surface area contributed by atoms with Crippen LogP contribution in [0.2, 0.25) is 0 Å². The summed E-state index contributed by atoms with van der Waals surface area (Å²) < 4.78 is 0. The van der Waals surface area contributed by atoms with Crippen LogP contribution in [0.25, 0.3) is 0 Å². The number of amides is 1. The number of carboxylic acids is 1. The van der Waals surface area contributed by atoms with Gasteiger partial charge in [-0.1, -0.05) is 0 Å². The minimum Gasteiger partial charge on any atom is -0.479 e. The summed E-state index contributed by atoms with van der Waals surface area (Å²) in [6.07, 6.45) is -1.53. The number of aliphatic carboxylic acids is 1. The zero-order valence-electron chi connectivity index (χ0n) is 7.40. The number of carbonyl (C=O) groups excluding carboxylic acids is 1. The van der Waals surface area contributed by atoms with Crippen LogP contribution < -0.4 is 10.6 Å². The smallest absolute Gasteiger partial charge is 0.334 e. The van der Waals surface area contributed by atoms with Crippen molar-refractivity contribution >= 4 is 23.6 Å². The fourth-order valence-corrected chi connectivity index (χ4v) is 1.91. The first-order chi connectivity index (χ1) is 6.61. The van der Waals surface area contributed by atoms with Crippen molar-refractivity contribution in [3.63, 3.8) is 0 Å². The van der Waals surface area contributed by atoms with Gasteiger partial charge < -0.3 is 15.5 Å². The van der Waals surface area contributed by atoms with Gasteiger partial charge in [0, 0.05) is 11.6 Å². The Balaban J connectivity index is 2.23. The van der Waals surface area contributed by atoms with Crippen LogP contribution in [-0.2, 0) is 9.59 Å². The molecule has 1 rings (SSSR count). The van der Waals surface area contributed by atoms with Gasteiger partial charge in [-0.15, -0.1) is 11.8 Å². The van der Waals surface area contributed by atoms with E-state index in [0.717, 1.165) is 5.88 Å². The first kappa shape index (κ1) is 11.3. The lowest BCUT2D eigenvalue weighted by molar-refractivity contribution is -0.146. The van der Waals surface area contributed by atoms with E-state index in [1.165, 1.54) is 0 Å². The van der Waals surface area contributed by atoms with Crippen molar-refractivity contribution in [2.24, 2.45) is 0 Å². The molecule has 1 heterocycles. The Labute approximate surface area is 85.1 Å². The summed E-state index contributed by atoms with van der Waals surface area (Å²) in [7, 11) is 0. The largest absolute Gasteiger partial charge is 0.479 e. The fourth-order valence-electron chi connectivity index (χ4n) is 0.971. The minimum atomic E-state index is -1.53. The minimum absolute atomic E-state index is 0.253. The van der Waals surface area contributed by atoms with Crippen molar-refractivity contribution in [2.45, 2.75) is 12.1 Å². The summed E-state index contributed by atoms with van der Waals surface area (Å²) >= 11 is 1.60. The molecule has 0 aliphatic carbocycles. The summed E-state index contributed by atoms with van der Waals surface area (Å²) in [5.74, 6) is -0.205. The Bertz CT molecular complexity index is 230. The van der Waals surface area contributed by atoms with Crippen molar-refractivity contribution in [3.05, 3.63) is 0 Å². The molecule has 4 N–H and O–H groups in total. The molecule has 1 fully saturated rings. The van der Waals surface area contributed by atoms with Crippen molar-refractivity contribution in [2.75, 3.05) is 18.2 Å². The molecule has 6 nitrogen and oxygen atoms in total. The second-order valence-electron chi connectivity index (χ2n) is 2.87. The normalized spacial score (nSPS) is 23.1. The summed E-state index contributed by atoms with van der Waals surface area (Å²) in [6, 6.07) is -0.277. The third kappa shape index (κ3) is 3.17. The number of rotatable bonds is 4. The monoisotopic (exact) mass is 220 g/mol. The predicted molar refractivity (Wildman–Crippen MR) is 50.9 cm³/mol. The highest BCUT2D eigenvalue weighted by atomic mass is 32.2. The molecule has 1 amide bonds. The summed E-state index contributed by atoms with van der Waals surface area (Å²) in [6.45, 7) is -0.253. The van der Waals surface area contributed by atoms with Gasteiger partial charge in [-0.3, -0.25) is 10.1 Å². The van der Waals surface area contributed by atoms with Crippen molar-refractivity contribution in [1.29, 1.82) is 0 Å². The van der Waals surface area contributed by atoms with Crippen LogP contribution >= 0.6 is 11.8 Å². The molecule has 2 atom stereocenters. The molecule has 0 saturated carbocycles. The van der Waals surface area contributed by atoms with Gasteiger partial charge in [-0.25, -0.2) is 4.79 Å². The van der Waals surface area contributed by atoms with E-state index < -0.39 is 12.1 Å². The molecule has 80 valence electrons. The number of hydrogen-bond acceptors (Lipinski definition) is 5. The third-order valence-corrected chi connectivity index (χ3v) is 2.73. The molecule has 0 radical (unpaired) electrons. The Morgan fingerprint density at radius 1 is 1.64 bits per heavy atom. The molecule has 0 spiro atoms. The summed E-state index contributed by atoms with van der Waals surface area (Å²) in [4.78, 5) is 21.5. The quantitative estimate of drug-likeness (QED) is 0.447. The van der Waals surface area contributed by atoms with Gasteiger partial charge in [-0.05, 0) is 0 Å². The van der Waals surface area contributed by atoms with Gasteiger partial charge in [-0.2, -0.15) is 0 Å². The molecule has 1 aliphatic heterocycles. The van der Waals surface area contributed by atoms with E-state index in [1.807, 2.05) is 0 Å². The zero-order chi connectivity index (χ0) is 10.6. The lowest BCUT2D eigenvalue weighted by Crippen LogP contribution is -2.45. The van der Waals surface area contributed by atoms with Gasteiger partial charge in [0.15, 0.2) is 6.10 Å². The summed E-state index contributed by atoms with van der Waals surface area (Å²) in [5, 5.41) is 22.5. The van der Waals surface area contributed by atoms with Gasteiger partial charge >= 0.3 is 5.97 Å². The Kier molecular flexibility index (Phi) is 4.18. The molecular formula is C7H12N2O4S. The van der Waals surface area contributed by atoms with E-state index in [0.29, 0.717) is 5.75 Å². The van der Waals surface area contributed by atoms with E-state index in [1.54, 1.807) is 11.8 Å². The topological polar surface area (TPSA) is 98.7 Å². The molecule has 1 aliphatic rings. The van der Waals surface area contributed by atoms with Crippen molar-refractivity contribution < 1.29 is 19.8 Å². The molecule has 0 aromatic rings. The molecular weight excluding hydrogens is 208 g/mol. The first-order valence-electron chi connectivity index (χ1n) is 4.11. The van der Waals surface area contributed by atoms with E-state index in [2.05, 4.69) is 10.6 Å². The van der Waals surface area contributed by atoms with E-state index >= 15 is 0 Å². The van der Waals surface area contributed by atoms with Crippen LogP contribution in [0.1, 0.15) is 0 Å². The number of aliphatic hydroxyl groups excluding tert-OH is 1. The van der Waals surface area contributed by atoms with Crippen LogP contribution in [-0.4, -0.2) is 52.4 Å². The van der Waals surface area contributed by atoms with Crippen LogP contribution in [0.4, 0.5) is 0 Å². The van der Waals surface area contributed by atoms with E-state index in [-0.39, 0.29) is 18.5 Å². The average molecular weight is 220 g/mol. The lowest BCUT2D eigenvalue weighted by Gasteiger charge is -2.11. The molecule has 14 heavy (non-hydrogen) atoms. The van der Waals surface area contributed by atoms with Crippen LogP contribution in [0.15, 0.2) is 0 Å². The van der Waals surface area contributed by atoms with Gasteiger partial charge in [0.05, 0.1) is 12.6 Å². The first-order valence-corrected chi connectivity index (χ1v) is 5.26. The Morgan fingerprint density at radius 2 is 2.36 bits per heavy atom. The van der Waals surface area contributed by atoms with Crippen molar-refractivity contribution in [3.8, 4) is 0 Å². The number of carboxylic acid groups (broad SMARTS) is 1. The van der Waals surface area contributed by atoms with Gasteiger partial charge in [0.25, 0.3) is 0 Å². The predicted octanol–water partition coefficient (Wildman–Crippen LogP) is -1.79. The van der Waals surface area contributed by atoms with E-state index in [4.69, 9.17) is 10.2 Å². The number of nitrogens with one attached hydrogen (secondary N) is 2. The third-order valence-electron chi connectivity index (χ3n) is 1.79. The SMILES string of the molecule is O=C(NC[C@H](O)C(=O)O)C1CSCN1. The number of thioether (sulfide) groups is 1. The average Bonchev–Trinajstić information content (AvgIpc) is 2.66. The fraction of sp³-hybridized carbons (Fsp3) is 0.714. The van der Waals surface area contributed by atoms with Crippen molar-refractivity contribution in [1.82, 2.24) is 10.6 Å². The lowest BCUT2D eigenvalue weighted by atomic mass is 10.3.